The molecule has 0 unspecified atom stereocenters. The first-order valence-electron chi connectivity index (χ1n) is 10.7. The SMILES string of the molecule is CN(C)[P@]1(Cl)=NP(Cl)(Cl)=N[P@](N=P(c2ccccc2)(c2ccccc2)c2ccccc2)(N(C)C)=N1. The molecule has 1 aliphatic heterocycles. The summed E-state index contributed by atoms with van der Waals surface area (Å²) in [5.41, 5.74) is 0. The van der Waals surface area contributed by atoms with Crippen LogP contribution in [0.2, 0.25) is 0 Å². The first kappa shape index (κ1) is 27.4. The lowest BCUT2D eigenvalue weighted by Crippen LogP contribution is -2.25. The van der Waals surface area contributed by atoms with Crippen LogP contribution in [0.25, 0.3) is 0 Å². The molecule has 0 bridgehead atoms. The largest absolute Gasteiger partial charge is 0.264 e. The Hall–Kier alpha value is -0.630. The van der Waals surface area contributed by atoms with Gasteiger partial charge in [-0.2, -0.15) is 13.5 Å². The zero-order chi connectivity index (χ0) is 25.3. The van der Waals surface area contributed by atoms with Gasteiger partial charge in [-0.15, -0.1) is 0 Å². The van der Waals surface area contributed by atoms with Gasteiger partial charge in [-0.25, -0.2) is 13.9 Å². The van der Waals surface area contributed by atoms with Crippen molar-refractivity contribution >= 4 is 76.8 Å². The quantitative estimate of drug-likeness (QED) is 0.264. The Morgan fingerprint density at radius 3 is 1.34 bits per heavy atom. The minimum atomic E-state index is -3.14. The smallest absolute Gasteiger partial charge is 0.246 e. The van der Waals surface area contributed by atoms with E-state index in [9.17, 15) is 0 Å². The van der Waals surface area contributed by atoms with Crippen LogP contribution in [-0.2, 0) is 0 Å². The van der Waals surface area contributed by atoms with E-state index in [2.05, 4.69) is 40.9 Å². The Kier molecular flexibility index (Phi) is 8.32. The van der Waals surface area contributed by atoms with Crippen LogP contribution < -0.4 is 15.9 Å². The molecule has 0 aromatic heterocycles. The third-order valence-corrected chi connectivity index (χ3v) is 22.7. The average Bonchev–Trinajstić information content (AvgIpc) is 2.83. The van der Waals surface area contributed by atoms with Crippen molar-refractivity contribution in [1.29, 1.82) is 0 Å². The fourth-order valence-corrected chi connectivity index (χ4v) is 23.7. The topological polar surface area (TPSA) is 55.9 Å². The van der Waals surface area contributed by atoms with E-state index < -0.39 is 27.2 Å². The first-order valence-corrected chi connectivity index (χ1v) is 20.1. The molecule has 0 fully saturated rings. The molecule has 0 spiro atoms. The highest BCUT2D eigenvalue weighted by molar-refractivity contribution is 8.15. The molecule has 0 radical (unpaired) electrons. The highest BCUT2D eigenvalue weighted by atomic mass is 35.9. The van der Waals surface area contributed by atoms with E-state index in [0.717, 1.165) is 15.9 Å². The van der Waals surface area contributed by atoms with Crippen molar-refractivity contribution in [2.75, 3.05) is 28.2 Å². The van der Waals surface area contributed by atoms with Gasteiger partial charge < -0.3 is 0 Å². The van der Waals surface area contributed by atoms with Gasteiger partial charge in [0.15, 0.2) is 0 Å². The van der Waals surface area contributed by atoms with Crippen molar-refractivity contribution in [3.63, 3.8) is 0 Å². The maximum Gasteiger partial charge on any atom is 0.264 e. The van der Waals surface area contributed by atoms with Crippen molar-refractivity contribution in [1.82, 2.24) is 9.34 Å². The van der Waals surface area contributed by atoms with Crippen LogP contribution in [0.5, 0.6) is 0 Å². The number of benzene rings is 3. The number of rotatable bonds is 6. The highest BCUT2D eigenvalue weighted by Crippen LogP contribution is 2.86. The summed E-state index contributed by atoms with van der Waals surface area (Å²) in [5.74, 6) is -3.14. The minimum absolute atomic E-state index is 1.09. The number of hydrogen-bond acceptors (Lipinski definition) is 6. The van der Waals surface area contributed by atoms with Gasteiger partial charge in [-0.1, -0.05) is 91.0 Å². The van der Waals surface area contributed by atoms with Gasteiger partial charge in [0.25, 0.3) is 13.4 Å². The summed E-state index contributed by atoms with van der Waals surface area (Å²) in [6.07, 6.45) is 0. The van der Waals surface area contributed by atoms with E-state index in [4.69, 9.17) is 47.3 Å². The molecule has 3 aromatic rings. The highest BCUT2D eigenvalue weighted by Gasteiger charge is 2.40. The zero-order valence-electron chi connectivity index (χ0n) is 19.8. The molecule has 6 nitrogen and oxygen atoms in total. The summed E-state index contributed by atoms with van der Waals surface area (Å²) in [5, 5.41) is 3.26. The molecule has 0 saturated heterocycles. The van der Waals surface area contributed by atoms with Gasteiger partial charge in [0.2, 0.25) is 6.71 Å². The van der Waals surface area contributed by atoms with Gasteiger partial charge in [-0.3, -0.25) is 0 Å². The van der Waals surface area contributed by atoms with E-state index in [0.29, 0.717) is 0 Å². The monoisotopic (exact) mass is 604 g/mol. The molecule has 0 saturated carbocycles. The van der Waals surface area contributed by atoms with Crippen LogP contribution in [0.4, 0.5) is 0 Å². The molecule has 0 N–H and O–H groups in total. The normalized spacial score (nSPS) is 23.8. The third-order valence-electron chi connectivity index (χ3n) is 5.37. The molecule has 4 rings (SSSR count). The number of hydrogen-bond donors (Lipinski definition) is 0. The summed E-state index contributed by atoms with van der Waals surface area (Å²) in [6.45, 7) is -2.91. The van der Waals surface area contributed by atoms with Gasteiger partial charge >= 0.3 is 0 Å². The molecular formula is C22H27Cl3N6P4. The van der Waals surface area contributed by atoms with Crippen molar-refractivity contribution in [2.24, 2.45) is 18.1 Å². The summed E-state index contributed by atoms with van der Waals surface area (Å²) in [4.78, 5) is 0. The van der Waals surface area contributed by atoms with Crippen LogP contribution in [-0.4, -0.2) is 37.5 Å². The van der Waals surface area contributed by atoms with E-state index in [1.54, 1.807) is 4.67 Å². The maximum absolute atomic E-state index is 7.05. The van der Waals surface area contributed by atoms with E-state index in [-0.39, 0.29) is 0 Å². The summed E-state index contributed by atoms with van der Waals surface area (Å²) < 4.78 is 24.0. The average molecular weight is 606 g/mol. The zero-order valence-corrected chi connectivity index (χ0v) is 25.6. The molecule has 0 aliphatic carbocycles. The summed E-state index contributed by atoms with van der Waals surface area (Å²) >= 11 is 20.5. The van der Waals surface area contributed by atoms with Crippen LogP contribution in [0, 0.1) is 0 Å². The first-order chi connectivity index (χ1) is 16.5. The minimum Gasteiger partial charge on any atom is -0.246 e. The van der Waals surface area contributed by atoms with Crippen LogP contribution in [0.15, 0.2) is 109 Å². The Morgan fingerprint density at radius 2 is 1.00 bits per heavy atom. The predicted molar refractivity (Wildman–Crippen MR) is 161 cm³/mol. The fraction of sp³-hybridized carbons (Fsp3) is 0.182. The Bertz CT molecular complexity index is 1320. The molecular weight excluding hydrogens is 579 g/mol. The molecule has 0 amide bonds. The van der Waals surface area contributed by atoms with Crippen LogP contribution in [0.1, 0.15) is 0 Å². The third kappa shape index (κ3) is 5.49. The second-order valence-electron chi connectivity index (χ2n) is 8.18. The Balaban J connectivity index is 2.28. The van der Waals surface area contributed by atoms with Gasteiger partial charge in [0.1, 0.15) is 0 Å². The second kappa shape index (κ2) is 10.6. The molecule has 3 aromatic carbocycles. The van der Waals surface area contributed by atoms with E-state index >= 15 is 0 Å². The van der Waals surface area contributed by atoms with Crippen molar-refractivity contribution in [2.45, 2.75) is 0 Å². The molecule has 1 heterocycles. The van der Waals surface area contributed by atoms with Crippen molar-refractivity contribution < 1.29 is 0 Å². The Morgan fingerprint density at radius 1 is 0.600 bits per heavy atom. The van der Waals surface area contributed by atoms with Crippen molar-refractivity contribution in [3.05, 3.63) is 91.0 Å². The fourth-order valence-electron chi connectivity index (χ4n) is 3.64. The number of halogens is 3. The van der Waals surface area contributed by atoms with Crippen LogP contribution in [0.3, 0.4) is 0 Å². The lowest BCUT2D eigenvalue weighted by atomic mass is 10.4. The molecule has 186 valence electrons. The van der Waals surface area contributed by atoms with Gasteiger partial charge in [0, 0.05) is 15.9 Å². The van der Waals surface area contributed by atoms with E-state index in [1.165, 1.54) is 0 Å². The molecule has 2 atom stereocenters. The maximum atomic E-state index is 7.05. The van der Waals surface area contributed by atoms with Crippen LogP contribution >= 0.6 is 60.9 Å². The lowest BCUT2D eigenvalue weighted by Gasteiger charge is -2.36. The summed E-state index contributed by atoms with van der Waals surface area (Å²) in [6, 6.07) is 31.0. The van der Waals surface area contributed by atoms with E-state index in [1.807, 2.05) is 87.5 Å². The lowest BCUT2D eigenvalue weighted by molar-refractivity contribution is 0.662. The summed E-state index contributed by atoms with van der Waals surface area (Å²) in [7, 11) is 1.81. The molecule has 35 heavy (non-hydrogen) atoms. The van der Waals surface area contributed by atoms with Gasteiger partial charge in [0.05, 0.1) is 7.05 Å². The predicted octanol–water partition coefficient (Wildman–Crippen LogP) is 8.86. The van der Waals surface area contributed by atoms with Gasteiger partial charge in [-0.05, 0) is 61.9 Å². The number of nitrogens with zero attached hydrogens (tertiary/aromatic N) is 6. The van der Waals surface area contributed by atoms with Crippen molar-refractivity contribution in [3.8, 4) is 0 Å². The molecule has 1 aliphatic rings. The molecule has 13 heteroatoms. The Labute approximate surface area is 222 Å². The second-order valence-corrected chi connectivity index (χ2v) is 23.1. The standard InChI is InChI=1S/C22H27Cl3N6P4/c1-30(2)34(25)27-33(23,24)28-35(29-34,31(3)4)26-32(20-14-8-5-9-15-20,21-16-10-6-11-17-21)22-18-12-7-13-19-22/h5-19H,1-4H3/t34-,35+/m1/s1.